The van der Waals surface area contributed by atoms with Gasteiger partial charge in [0.1, 0.15) is 18.4 Å². The first-order valence-electron chi connectivity index (χ1n) is 13.7. The van der Waals surface area contributed by atoms with Gasteiger partial charge in [-0.25, -0.2) is 0 Å². The van der Waals surface area contributed by atoms with Crippen LogP contribution in [0.2, 0.25) is 0 Å². The zero-order valence-corrected chi connectivity index (χ0v) is 23.1. The number of hydrogen-bond donors (Lipinski definition) is 3. The lowest BCUT2D eigenvalue weighted by Gasteiger charge is -2.26. The van der Waals surface area contributed by atoms with Gasteiger partial charge in [0, 0.05) is 6.04 Å². The summed E-state index contributed by atoms with van der Waals surface area (Å²) in [6, 6.07) is 23.6. The van der Waals surface area contributed by atoms with Gasteiger partial charge < -0.3 is 25.2 Å². The molecule has 0 radical (unpaired) electrons. The van der Waals surface area contributed by atoms with Crippen molar-refractivity contribution in [2.75, 3.05) is 6.61 Å². The van der Waals surface area contributed by atoms with Gasteiger partial charge in [0.15, 0.2) is 18.1 Å². The fraction of sp³-hybridized carbons (Fsp3) is 0.375. The van der Waals surface area contributed by atoms with Gasteiger partial charge >= 0.3 is 0 Å². The third-order valence-electron chi connectivity index (χ3n) is 6.85. The molecule has 208 valence electrons. The molecule has 2 unspecified atom stereocenters. The second kappa shape index (κ2) is 15.4. The number of ether oxygens (including phenoxy) is 2. The van der Waals surface area contributed by atoms with E-state index in [-0.39, 0.29) is 36.1 Å². The largest absolute Gasteiger partial charge is 0.504 e. The molecule has 0 bridgehead atoms. The number of aryl methyl sites for hydroxylation is 1. The van der Waals surface area contributed by atoms with Crippen molar-refractivity contribution in [2.24, 2.45) is 5.92 Å². The van der Waals surface area contributed by atoms with E-state index in [1.54, 1.807) is 18.2 Å². The van der Waals surface area contributed by atoms with E-state index in [2.05, 4.69) is 10.6 Å². The van der Waals surface area contributed by atoms with Crippen molar-refractivity contribution in [3.63, 3.8) is 0 Å². The summed E-state index contributed by atoms with van der Waals surface area (Å²) < 4.78 is 11.4. The van der Waals surface area contributed by atoms with Crippen LogP contribution in [-0.4, -0.2) is 35.6 Å². The van der Waals surface area contributed by atoms with Crippen molar-refractivity contribution < 1.29 is 24.2 Å². The fourth-order valence-corrected chi connectivity index (χ4v) is 4.20. The predicted octanol–water partition coefficient (Wildman–Crippen LogP) is 5.41. The molecule has 0 aliphatic rings. The third-order valence-corrected chi connectivity index (χ3v) is 6.85. The molecule has 7 nitrogen and oxygen atoms in total. The summed E-state index contributed by atoms with van der Waals surface area (Å²) in [6.07, 6.45) is 2.65. The van der Waals surface area contributed by atoms with Gasteiger partial charge in [-0.15, -0.1) is 0 Å². The van der Waals surface area contributed by atoms with E-state index >= 15 is 0 Å². The van der Waals surface area contributed by atoms with Crippen molar-refractivity contribution in [3.8, 4) is 17.2 Å². The van der Waals surface area contributed by atoms with Crippen molar-refractivity contribution in [1.82, 2.24) is 10.6 Å². The molecular weight excluding hydrogens is 492 g/mol. The Balaban J connectivity index is 1.55. The highest BCUT2D eigenvalue weighted by Crippen LogP contribution is 2.31. The normalized spacial score (nSPS) is 13.1. The highest BCUT2D eigenvalue weighted by molar-refractivity contribution is 5.88. The van der Waals surface area contributed by atoms with Gasteiger partial charge in [-0.2, -0.15) is 0 Å². The van der Waals surface area contributed by atoms with Gasteiger partial charge in [-0.1, -0.05) is 87.9 Å². The first-order valence-corrected chi connectivity index (χ1v) is 13.7. The molecule has 3 aromatic carbocycles. The van der Waals surface area contributed by atoms with Gasteiger partial charge in [0.25, 0.3) is 5.91 Å². The Morgan fingerprint density at radius 1 is 0.846 bits per heavy atom. The molecule has 0 fully saturated rings. The summed E-state index contributed by atoms with van der Waals surface area (Å²) >= 11 is 0. The molecule has 39 heavy (non-hydrogen) atoms. The molecule has 0 spiro atoms. The quantitative estimate of drug-likeness (QED) is 0.243. The summed E-state index contributed by atoms with van der Waals surface area (Å²) in [4.78, 5) is 25.8. The van der Waals surface area contributed by atoms with E-state index in [9.17, 15) is 14.7 Å². The third kappa shape index (κ3) is 9.36. The lowest BCUT2D eigenvalue weighted by molar-refractivity contribution is -0.131. The number of amides is 2. The minimum atomic E-state index is -0.668. The highest BCUT2D eigenvalue weighted by Gasteiger charge is 2.27. The molecule has 2 amide bonds. The van der Waals surface area contributed by atoms with Crippen molar-refractivity contribution in [1.29, 1.82) is 0 Å². The van der Waals surface area contributed by atoms with Crippen molar-refractivity contribution in [2.45, 2.75) is 65.1 Å². The number of phenolic OH excluding ortho intramolecular Hbond substituents is 1. The first kappa shape index (κ1) is 29.6. The Bertz CT molecular complexity index is 1170. The number of benzene rings is 3. The monoisotopic (exact) mass is 532 g/mol. The molecule has 0 aliphatic carbocycles. The smallest absolute Gasteiger partial charge is 0.258 e. The number of hydrogen-bond acceptors (Lipinski definition) is 5. The maximum Gasteiger partial charge on any atom is 0.258 e. The summed E-state index contributed by atoms with van der Waals surface area (Å²) in [6.45, 7) is 6.15. The zero-order chi connectivity index (χ0) is 28.0. The van der Waals surface area contributed by atoms with Crippen LogP contribution in [0.1, 0.15) is 51.2 Å². The second-order valence-electron chi connectivity index (χ2n) is 9.72. The summed E-state index contributed by atoms with van der Waals surface area (Å²) in [5.74, 6) is 0.549. The first-order chi connectivity index (χ1) is 18.9. The molecule has 3 rings (SSSR count). The number of para-hydroxylation sites is 2. The van der Waals surface area contributed by atoms with E-state index in [0.29, 0.717) is 30.9 Å². The Labute approximate surface area is 231 Å². The van der Waals surface area contributed by atoms with Gasteiger partial charge in [0.2, 0.25) is 5.91 Å². The Morgan fingerprint density at radius 2 is 1.54 bits per heavy atom. The Hall–Kier alpha value is -4.00. The van der Waals surface area contributed by atoms with Crippen molar-refractivity contribution in [3.05, 3.63) is 90.0 Å². The molecule has 3 N–H and O–H groups in total. The number of phenols is 1. The van der Waals surface area contributed by atoms with Crippen LogP contribution in [0.4, 0.5) is 0 Å². The molecule has 3 atom stereocenters. The van der Waals surface area contributed by atoms with Crippen LogP contribution >= 0.6 is 0 Å². The number of aromatic hydroxyl groups is 1. The Kier molecular flexibility index (Phi) is 11.7. The maximum absolute atomic E-state index is 13.2. The van der Waals surface area contributed by atoms with Crippen LogP contribution in [-0.2, 0) is 22.6 Å². The van der Waals surface area contributed by atoms with E-state index in [4.69, 9.17) is 9.47 Å². The van der Waals surface area contributed by atoms with E-state index in [0.717, 1.165) is 24.0 Å². The fourth-order valence-electron chi connectivity index (χ4n) is 4.20. The van der Waals surface area contributed by atoms with Crippen molar-refractivity contribution >= 4 is 11.8 Å². The molecular formula is C32H40N2O5. The summed E-state index contributed by atoms with van der Waals surface area (Å²) in [5.41, 5.74) is 1.78. The average Bonchev–Trinajstić information content (AvgIpc) is 2.97. The SMILES string of the molecule is CCC(CCc1cccc(OCc2ccccc2)c1O)NC(=O)[C@@H](NC(=O)COc1ccccc1)C(C)CC. The molecule has 0 aromatic heterocycles. The molecule has 7 heteroatoms. The standard InChI is InChI=1S/C32H40N2O5/c1-4-23(3)30(34-29(35)22-38-27-16-10-7-11-17-27)32(37)33-26(5-2)20-19-25-15-12-18-28(31(25)36)39-21-24-13-8-6-9-14-24/h6-18,23,26,30,36H,4-5,19-22H2,1-3H3,(H,33,37)(H,34,35)/t23?,26?,30-/m0/s1. The lowest BCUT2D eigenvalue weighted by atomic mass is 9.97. The van der Waals surface area contributed by atoms with Crippen LogP contribution in [0.25, 0.3) is 0 Å². The van der Waals surface area contributed by atoms with Gasteiger partial charge in [-0.05, 0) is 54.5 Å². The second-order valence-corrected chi connectivity index (χ2v) is 9.72. The van der Waals surface area contributed by atoms with E-state index in [1.807, 2.05) is 81.4 Å². The van der Waals surface area contributed by atoms with E-state index in [1.165, 1.54) is 0 Å². The Morgan fingerprint density at radius 3 is 2.21 bits per heavy atom. The maximum atomic E-state index is 13.2. The molecule has 0 aliphatic heterocycles. The minimum Gasteiger partial charge on any atom is -0.504 e. The molecule has 0 saturated carbocycles. The number of carbonyl (C=O) groups excluding carboxylic acids is 2. The molecule has 0 heterocycles. The molecule has 0 saturated heterocycles. The number of nitrogens with one attached hydrogen (secondary N) is 2. The molecule has 3 aromatic rings. The van der Waals surface area contributed by atoms with Crippen LogP contribution in [0.3, 0.4) is 0 Å². The average molecular weight is 533 g/mol. The van der Waals surface area contributed by atoms with E-state index < -0.39 is 6.04 Å². The van der Waals surface area contributed by atoms with Crippen LogP contribution in [0, 0.1) is 5.92 Å². The zero-order valence-electron chi connectivity index (χ0n) is 23.1. The van der Waals surface area contributed by atoms with Gasteiger partial charge in [0.05, 0.1) is 0 Å². The number of carbonyl (C=O) groups is 2. The predicted molar refractivity (Wildman–Crippen MR) is 153 cm³/mol. The van der Waals surface area contributed by atoms with Gasteiger partial charge in [-0.3, -0.25) is 9.59 Å². The number of rotatable bonds is 15. The van der Waals surface area contributed by atoms with Crippen LogP contribution in [0.5, 0.6) is 17.2 Å². The summed E-state index contributed by atoms with van der Waals surface area (Å²) in [5, 5.41) is 16.7. The topological polar surface area (TPSA) is 96.9 Å². The van der Waals surface area contributed by atoms with Crippen LogP contribution < -0.4 is 20.1 Å². The minimum absolute atomic E-state index is 0.0503. The van der Waals surface area contributed by atoms with Crippen LogP contribution in [0.15, 0.2) is 78.9 Å². The highest BCUT2D eigenvalue weighted by atomic mass is 16.5. The lowest BCUT2D eigenvalue weighted by Crippen LogP contribution is -2.53. The summed E-state index contributed by atoms with van der Waals surface area (Å²) in [7, 11) is 0.